The van der Waals surface area contributed by atoms with Crippen LogP contribution >= 0.6 is 11.8 Å². The van der Waals surface area contributed by atoms with E-state index in [1.54, 1.807) is 18.7 Å². The van der Waals surface area contributed by atoms with Crippen molar-refractivity contribution < 1.29 is 19.1 Å². The van der Waals surface area contributed by atoms with Crippen molar-refractivity contribution in [1.82, 2.24) is 14.9 Å². The van der Waals surface area contributed by atoms with E-state index in [9.17, 15) is 9.59 Å². The van der Waals surface area contributed by atoms with Gasteiger partial charge in [0.1, 0.15) is 5.75 Å². The van der Waals surface area contributed by atoms with Gasteiger partial charge >= 0.3 is 5.97 Å². The molecular formula is C20H21N5O4S. The summed E-state index contributed by atoms with van der Waals surface area (Å²) in [5, 5.41) is 10.8. The number of rotatable bonds is 9. The molecule has 30 heavy (non-hydrogen) atoms. The lowest BCUT2D eigenvalue weighted by atomic mass is 10.2. The fourth-order valence-corrected chi connectivity index (χ4v) is 3.24. The monoisotopic (exact) mass is 427 g/mol. The Kier molecular flexibility index (Phi) is 7.78. The van der Waals surface area contributed by atoms with Crippen LogP contribution in [0.2, 0.25) is 0 Å². The number of nitrogens with one attached hydrogen (secondary N) is 1. The summed E-state index contributed by atoms with van der Waals surface area (Å²) in [4.78, 5) is 27.3. The lowest BCUT2D eigenvalue weighted by Crippen LogP contribution is -2.19. The van der Waals surface area contributed by atoms with Crippen molar-refractivity contribution in [3.05, 3.63) is 59.5 Å². The molecule has 1 aliphatic heterocycles. The number of hydrogen-bond acceptors (Lipinski definition) is 8. The lowest BCUT2D eigenvalue weighted by Gasteiger charge is -2.08. The van der Waals surface area contributed by atoms with E-state index in [4.69, 9.17) is 4.74 Å². The van der Waals surface area contributed by atoms with Crippen LogP contribution in [-0.4, -0.2) is 46.5 Å². The first-order valence-corrected chi connectivity index (χ1v) is 10.0. The summed E-state index contributed by atoms with van der Waals surface area (Å²) in [6.45, 7) is 1.49. The van der Waals surface area contributed by atoms with Crippen LogP contribution in [0, 0.1) is 0 Å². The first-order valence-electron chi connectivity index (χ1n) is 9.23. The first-order chi connectivity index (χ1) is 14.7. The van der Waals surface area contributed by atoms with Crippen molar-refractivity contribution in [3.8, 4) is 5.75 Å². The maximum atomic E-state index is 11.8. The SMILES string of the molecule is COC(=O)/C=C1/S/C(=N\N=Cc2ccccc2OCCCCn2ccnc2)NC1=O. The standard InChI is InChI=1S/C20H21N5O4S/c1-28-18(26)12-17-19(27)23-20(30-17)24-22-13-15-6-2-3-7-16(15)29-11-5-4-9-25-10-8-21-14-25/h2-3,6-8,10,12-14H,4-5,9,11H2,1H3,(H,23,24,27)/b17-12+,22-13?. The van der Waals surface area contributed by atoms with Gasteiger partial charge in [0.2, 0.25) is 0 Å². The van der Waals surface area contributed by atoms with Gasteiger partial charge in [-0.15, -0.1) is 5.10 Å². The molecule has 2 aromatic rings. The highest BCUT2D eigenvalue weighted by atomic mass is 32.2. The Morgan fingerprint density at radius 3 is 3.00 bits per heavy atom. The molecule has 1 N–H and O–H groups in total. The molecule has 0 saturated carbocycles. The summed E-state index contributed by atoms with van der Waals surface area (Å²) in [5.41, 5.74) is 0.774. The van der Waals surface area contributed by atoms with Crippen molar-refractivity contribution in [2.24, 2.45) is 10.2 Å². The average Bonchev–Trinajstić information content (AvgIpc) is 3.38. The predicted octanol–water partition coefficient (Wildman–Crippen LogP) is 2.35. The number of benzene rings is 1. The molecule has 0 spiro atoms. The first kappa shape index (κ1) is 21.3. The zero-order valence-corrected chi connectivity index (χ0v) is 17.2. The van der Waals surface area contributed by atoms with Gasteiger partial charge in [-0.3, -0.25) is 10.1 Å². The van der Waals surface area contributed by atoms with E-state index in [0.29, 0.717) is 12.4 Å². The van der Waals surface area contributed by atoms with Crippen LogP contribution in [0.1, 0.15) is 18.4 Å². The second-order valence-electron chi connectivity index (χ2n) is 6.13. The topological polar surface area (TPSA) is 107 Å². The molecule has 0 atom stereocenters. The molecule has 3 rings (SSSR count). The Morgan fingerprint density at radius 2 is 2.20 bits per heavy atom. The third-order valence-corrected chi connectivity index (χ3v) is 4.89. The third kappa shape index (κ3) is 6.31. The van der Waals surface area contributed by atoms with Gasteiger partial charge in [-0.05, 0) is 36.7 Å². The van der Waals surface area contributed by atoms with Crippen LogP contribution in [0.4, 0.5) is 0 Å². The highest BCUT2D eigenvalue weighted by molar-refractivity contribution is 8.18. The van der Waals surface area contributed by atoms with Gasteiger partial charge in [0.15, 0.2) is 5.17 Å². The van der Waals surface area contributed by atoms with E-state index < -0.39 is 11.9 Å². The number of imidazole rings is 1. The third-order valence-electron chi connectivity index (χ3n) is 3.99. The van der Waals surface area contributed by atoms with E-state index in [1.807, 2.05) is 35.0 Å². The number of carbonyl (C=O) groups excluding carboxylic acids is 2. The zero-order valence-electron chi connectivity index (χ0n) is 16.4. The van der Waals surface area contributed by atoms with E-state index >= 15 is 0 Å². The fraction of sp³-hybridized carbons (Fsp3) is 0.250. The molecule has 2 heterocycles. The van der Waals surface area contributed by atoms with Crippen LogP contribution in [0.5, 0.6) is 5.75 Å². The van der Waals surface area contributed by atoms with Crippen molar-refractivity contribution in [1.29, 1.82) is 0 Å². The highest BCUT2D eigenvalue weighted by Crippen LogP contribution is 2.23. The van der Waals surface area contributed by atoms with Crippen LogP contribution < -0.4 is 10.1 Å². The van der Waals surface area contributed by atoms with Crippen molar-refractivity contribution in [2.75, 3.05) is 13.7 Å². The van der Waals surface area contributed by atoms with Gasteiger partial charge in [0.25, 0.3) is 5.91 Å². The number of ether oxygens (including phenoxy) is 2. The van der Waals surface area contributed by atoms with Gasteiger partial charge < -0.3 is 14.0 Å². The van der Waals surface area contributed by atoms with E-state index in [2.05, 4.69) is 25.2 Å². The smallest absolute Gasteiger partial charge is 0.331 e. The van der Waals surface area contributed by atoms with Crippen molar-refractivity contribution in [2.45, 2.75) is 19.4 Å². The number of carbonyl (C=O) groups is 2. The summed E-state index contributed by atoms with van der Waals surface area (Å²) in [5.74, 6) is -0.314. The Balaban J connectivity index is 1.52. The molecular weight excluding hydrogens is 406 g/mol. The van der Waals surface area contributed by atoms with Crippen LogP contribution in [0.15, 0.2) is 64.2 Å². The van der Waals surface area contributed by atoms with E-state index in [-0.39, 0.29) is 10.1 Å². The minimum atomic E-state index is -0.603. The van der Waals surface area contributed by atoms with E-state index in [0.717, 1.165) is 42.8 Å². The molecule has 0 radical (unpaired) electrons. The van der Waals surface area contributed by atoms with Crippen molar-refractivity contribution >= 4 is 35.0 Å². The second kappa shape index (κ2) is 11.0. The molecule has 1 fully saturated rings. The number of methoxy groups -OCH3 is 1. The summed E-state index contributed by atoms with van der Waals surface area (Å²) in [6, 6.07) is 7.51. The predicted molar refractivity (Wildman–Crippen MR) is 114 cm³/mol. The fourth-order valence-electron chi connectivity index (χ4n) is 2.50. The number of amides is 1. The summed E-state index contributed by atoms with van der Waals surface area (Å²) in [6.07, 6.45) is 10.1. The molecule has 0 bridgehead atoms. The summed E-state index contributed by atoms with van der Waals surface area (Å²) in [7, 11) is 1.25. The number of hydrogen-bond donors (Lipinski definition) is 1. The summed E-state index contributed by atoms with van der Waals surface area (Å²) >= 11 is 1.02. The quantitative estimate of drug-likeness (QED) is 0.216. The number of unbranched alkanes of at least 4 members (excludes halogenated alkanes) is 1. The van der Waals surface area contributed by atoms with Crippen molar-refractivity contribution in [3.63, 3.8) is 0 Å². The van der Waals surface area contributed by atoms with Crippen LogP contribution in [0.25, 0.3) is 0 Å². The molecule has 156 valence electrons. The van der Waals surface area contributed by atoms with Gasteiger partial charge in [-0.1, -0.05) is 12.1 Å². The Labute approximate surface area is 177 Å². The number of aromatic nitrogens is 2. The number of aryl methyl sites for hydroxylation is 1. The molecule has 1 amide bonds. The van der Waals surface area contributed by atoms with Gasteiger partial charge in [-0.25, -0.2) is 9.78 Å². The zero-order chi connectivity index (χ0) is 21.2. The number of esters is 1. The number of thioether (sulfide) groups is 1. The highest BCUT2D eigenvalue weighted by Gasteiger charge is 2.25. The van der Waals surface area contributed by atoms with Gasteiger partial charge in [-0.2, -0.15) is 5.10 Å². The summed E-state index contributed by atoms with van der Waals surface area (Å²) < 4.78 is 12.4. The molecule has 1 aromatic carbocycles. The lowest BCUT2D eigenvalue weighted by molar-refractivity contribution is -0.135. The second-order valence-corrected chi connectivity index (χ2v) is 7.16. The number of amidine groups is 1. The maximum absolute atomic E-state index is 11.8. The molecule has 10 heteroatoms. The Morgan fingerprint density at radius 1 is 1.33 bits per heavy atom. The molecule has 0 unspecified atom stereocenters. The minimum absolute atomic E-state index is 0.204. The number of para-hydroxylation sites is 1. The normalized spacial score (nSPS) is 16.4. The molecule has 1 saturated heterocycles. The number of nitrogens with zero attached hydrogens (tertiary/aromatic N) is 4. The molecule has 1 aromatic heterocycles. The minimum Gasteiger partial charge on any atom is -0.493 e. The average molecular weight is 427 g/mol. The van der Waals surface area contributed by atoms with Crippen LogP contribution in [0.3, 0.4) is 0 Å². The molecule has 1 aliphatic rings. The maximum Gasteiger partial charge on any atom is 0.331 e. The van der Waals surface area contributed by atoms with Gasteiger partial charge in [0.05, 0.1) is 31.2 Å². The van der Waals surface area contributed by atoms with Gasteiger partial charge in [0, 0.05) is 30.6 Å². The Hall–Kier alpha value is -3.40. The molecule has 0 aliphatic carbocycles. The van der Waals surface area contributed by atoms with E-state index in [1.165, 1.54) is 7.11 Å². The largest absolute Gasteiger partial charge is 0.493 e. The van der Waals surface area contributed by atoms with Crippen LogP contribution in [-0.2, 0) is 20.9 Å². The Bertz CT molecular complexity index is 969. The molecule has 9 nitrogen and oxygen atoms in total.